The van der Waals surface area contributed by atoms with Crippen LogP contribution in [0.5, 0.6) is 0 Å². The summed E-state index contributed by atoms with van der Waals surface area (Å²) in [5.74, 6) is 0.204. The fourth-order valence-electron chi connectivity index (χ4n) is 6.00. The highest BCUT2D eigenvalue weighted by Gasteiger charge is 2.50. The van der Waals surface area contributed by atoms with Crippen LogP contribution in [0.15, 0.2) is 42.7 Å². The van der Waals surface area contributed by atoms with Gasteiger partial charge >= 0.3 is 6.18 Å². The molecule has 3 aliphatic rings. The number of amides is 1. The van der Waals surface area contributed by atoms with Crippen molar-refractivity contribution in [1.29, 1.82) is 0 Å². The van der Waals surface area contributed by atoms with E-state index in [1.54, 1.807) is 29.1 Å². The van der Waals surface area contributed by atoms with Crippen LogP contribution in [0.4, 0.5) is 18.9 Å². The van der Waals surface area contributed by atoms with Gasteiger partial charge in [-0.05, 0) is 74.1 Å². The summed E-state index contributed by atoms with van der Waals surface area (Å²) < 4.78 is 50.5. The van der Waals surface area contributed by atoms with Gasteiger partial charge < -0.3 is 19.5 Å². The monoisotopic (exact) mass is 525 g/mol. The Kier molecular flexibility index (Phi) is 5.70. The molecule has 10 heteroatoms. The zero-order valence-electron chi connectivity index (χ0n) is 21.6. The van der Waals surface area contributed by atoms with E-state index in [0.717, 1.165) is 24.8 Å². The normalized spacial score (nSPS) is 24.2. The molecule has 1 amide bonds. The molecule has 38 heavy (non-hydrogen) atoms. The molecule has 7 nitrogen and oxygen atoms in total. The number of nitrogens with one attached hydrogen (secondary N) is 1. The van der Waals surface area contributed by atoms with Gasteiger partial charge in [-0.1, -0.05) is 12.1 Å². The Balaban J connectivity index is 1.34. The number of carbonyl (C=O) groups excluding carboxylic acids is 1. The third-order valence-corrected chi connectivity index (χ3v) is 8.26. The van der Waals surface area contributed by atoms with Crippen molar-refractivity contribution in [1.82, 2.24) is 20.1 Å². The van der Waals surface area contributed by atoms with Crippen LogP contribution in [-0.4, -0.2) is 32.3 Å². The number of aryl methyl sites for hydroxylation is 1. The molecular formula is C28H30F3N5O2. The Morgan fingerprint density at radius 2 is 1.97 bits per heavy atom. The molecule has 0 unspecified atom stereocenters. The summed E-state index contributed by atoms with van der Waals surface area (Å²) in [4.78, 5) is 15.0. The molecule has 1 saturated carbocycles. The van der Waals surface area contributed by atoms with Gasteiger partial charge in [0.05, 0.1) is 18.2 Å². The lowest BCUT2D eigenvalue weighted by Gasteiger charge is -2.46. The quantitative estimate of drug-likeness (QED) is 0.486. The van der Waals surface area contributed by atoms with Crippen LogP contribution in [0.25, 0.3) is 0 Å². The van der Waals surface area contributed by atoms with E-state index in [4.69, 9.17) is 4.74 Å². The van der Waals surface area contributed by atoms with E-state index in [1.807, 2.05) is 26.1 Å². The SMILES string of the molecule is C[C@H]1C[C@](c2cccc(N3Cc4c(cc(CNC5(C)CCC5)cc4C(F)(F)F)C3=O)c2)(c2nncn2C)O1. The maximum Gasteiger partial charge on any atom is 0.416 e. The van der Waals surface area contributed by atoms with Gasteiger partial charge in [0.15, 0.2) is 11.4 Å². The summed E-state index contributed by atoms with van der Waals surface area (Å²) in [5, 5.41) is 11.6. The van der Waals surface area contributed by atoms with Crippen molar-refractivity contribution in [2.24, 2.45) is 7.05 Å². The van der Waals surface area contributed by atoms with Crippen molar-refractivity contribution >= 4 is 11.6 Å². The molecule has 1 aliphatic carbocycles. The number of rotatable bonds is 6. The number of aromatic nitrogens is 3. The number of halogens is 3. The Labute approximate surface area is 219 Å². The number of alkyl halides is 3. The van der Waals surface area contributed by atoms with Gasteiger partial charge in [0.25, 0.3) is 5.91 Å². The first-order valence-corrected chi connectivity index (χ1v) is 12.9. The predicted molar refractivity (Wildman–Crippen MR) is 134 cm³/mol. The molecule has 2 fully saturated rings. The van der Waals surface area contributed by atoms with Crippen molar-refractivity contribution in [3.8, 4) is 0 Å². The minimum atomic E-state index is -4.57. The topological polar surface area (TPSA) is 72.3 Å². The molecule has 2 atom stereocenters. The van der Waals surface area contributed by atoms with Gasteiger partial charge in [0.1, 0.15) is 6.33 Å². The van der Waals surface area contributed by atoms with Gasteiger partial charge in [0, 0.05) is 36.8 Å². The Bertz CT molecular complexity index is 1410. The molecule has 200 valence electrons. The van der Waals surface area contributed by atoms with Crippen LogP contribution in [0.2, 0.25) is 0 Å². The summed E-state index contributed by atoms with van der Waals surface area (Å²) in [6, 6.07) is 10.1. The summed E-state index contributed by atoms with van der Waals surface area (Å²) in [6.07, 6.45) is 0.808. The van der Waals surface area contributed by atoms with E-state index in [2.05, 4.69) is 22.4 Å². The Hall–Kier alpha value is -3.24. The largest absolute Gasteiger partial charge is 0.416 e. The highest BCUT2D eigenvalue weighted by atomic mass is 19.4. The lowest BCUT2D eigenvalue weighted by Crippen LogP contribution is -2.49. The molecular weight excluding hydrogens is 495 g/mol. The fraction of sp³-hybridized carbons (Fsp3) is 0.464. The molecule has 0 radical (unpaired) electrons. The van der Waals surface area contributed by atoms with E-state index in [9.17, 15) is 18.0 Å². The molecule has 0 bridgehead atoms. The highest BCUT2D eigenvalue weighted by Crippen LogP contribution is 2.47. The average Bonchev–Trinajstić information content (AvgIpc) is 3.41. The molecule has 1 aromatic heterocycles. The summed E-state index contributed by atoms with van der Waals surface area (Å²) in [6.45, 7) is 4.18. The van der Waals surface area contributed by atoms with E-state index in [0.29, 0.717) is 23.5 Å². The minimum absolute atomic E-state index is 0.0107. The molecule has 1 N–H and O–H groups in total. The number of fused-ring (bicyclic) bond motifs is 1. The smallest absolute Gasteiger partial charge is 0.359 e. The summed E-state index contributed by atoms with van der Waals surface area (Å²) in [5.41, 5.74) is 0.249. The van der Waals surface area contributed by atoms with Crippen LogP contribution < -0.4 is 10.2 Å². The van der Waals surface area contributed by atoms with Crippen molar-refractivity contribution in [2.45, 2.75) is 76.0 Å². The maximum absolute atomic E-state index is 14.2. The predicted octanol–water partition coefficient (Wildman–Crippen LogP) is 5.08. The van der Waals surface area contributed by atoms with Crippen molar-refractivity contribution in [3.63, 3.8) is 0 Å². The molecule has 3 heterocycles. The van der Waals surface area contributed by atoms with E-state index >= 15 is 0 Å². The van der Waals surface area contributed by atoms with Gasteiger partial charge in [-0.2, -0.15) is 13.2 Å². The van der Waals surface area contributed by atoms with Gasteiger partial charge in [-0.3, -0.25) is 4.79 Å². The van der Waals surface area contributed by atoms with Crippen molar-refractivity contribution in [2.75, 3.05) is 4.90 Å². The van der Waals surface area contributed by atoms with Gasteiger partial charge in [-0.15, -0.1) is 10.2 Å². The van der Waals surface area contributed by atoms with Crippen LogP contribution in [0, 0.1) is 0 Å². The van der Waals surface area contributed by atoms with Crippen molar-refractivity contribution in [3.05, 3.63) is 76.4 Å². The zero-order valence-corrected chi connectivity index (χ0v) is 21.6. The lowest BCUT2D eigenvalue weighted by molar-refractivity contribution is -0.184. The second-order valence-electron chi connectivity index (χ2n) is 11.1. The van der Waals surface area contributed by atoms with Gasteiger partial charge in [0.2, 0.25) is 0 Å². The number of carbonyl (C=O) groups is 1. The average molecular weight is 526 g/mol. The number of benzene rings is 2. The van der Waals surface area contributed by atoms with Gasteiger partial charge in [-0.25, -0.2) is 0 Å². The third-order valence-electron chi connectivity index (χ3n) is 8.26. The number of anilines is 1. The standard InChI is InChI=1S/C28H30F3N5O2/c1-17-13-27(38-17,25-34-33-16-35(25)3)19-6-4-7-20(12-19)36-15-22-21(24(36)37)10-18(11-23(22)28(29,30)31)14-32-26(2)8-5-9-26/h4,6-7,10-12,16-17,32H,5,8-9,13-15H2,1-3H3/t17-,27-/m0/s1. The maximum atomic E-state index is 14.2. The molecule has 1 saturated heterocycles. The molecule has 0 spiro atoms. The Morgan fingerprint density at radius 1 is 1.21 bits per heavy atom. The molecule has 6 rings (SSSR count). The first kappa shape index (κ1) is 25.1. The van der Waals surface area contributed by atoms with Crippen LogP contribution in [0.1, 0.15) is 78.0 Å². The second kappa shape index (κ2) is 8.64. The molecule has 2 aromatic carbocycles. The second-order valence-corrected chi connectivity index (χ2v) is 11.1. The van der Waals surface area contributed by atoms with Crippen LogP contribution in [-0.2, 0) is 36.7 Å². The fourth-order valence-corrected chi connectivity index (χ4v) is 6.00. The summed E-state index contributed by atoms with van der Waals surface area (Å²) >= 11 is 0. The van der Waals surface area contributed by atoms with Crippen molar-refractivity contribution < 1.29 is 22.7 Å². The number of hydrogen-bond acceptors (Lipinski definition) is 5. The highest BCUT2D eigenvalue weighted by molar-refractivity contribution is 6.10. The van der Waals surface area contributed by atoms with Crippen LogP contribution >= 0.6 is 0 Å². The zero-order chi connectivity index (χ0) is 26.9. The Morgan fingerprint density at radius 3 is 2.58 bits per heavy atom. The molecule has 2 aliphatic heterocycles. The third kappa shape index (κ3) is 4.01. The van der Waals surface area contributed by atoms with E-state index < -0.39 is 23.2 Å². The lowest BCUT2D eigenvalue weighted by atomic mass is 9.78. The summed E-state index contributed by atoms with van der Waals surface area (Å²) in [7, 11) is 1.84. The van der Waals surface area contributed by atoms with Crippen LogP contribution in [0.3, 0.4) is 0 Å². The number of ether oxygens (including phenoxy) is 1. The van der Waals surface area contributed by atoms with E-state index in [-0.39, 0.29) is 35.9 Å². The number of nitrogens with zero attached hydrogens (tertiary/aromatic N) is 4. The van der Waals surface area contributed by atoms with E-state index in [1.165, 1.54) is 11.0 Å². The number of hydrogen-bond donors (Lipinski definition) is 1. The first-order valence-electron chi connectivity index (χ1n) is 12.9. The minimum Gasteiger partial charge on any atom is -0.359 e. The first-order chi connectivity index (χ1) is 18.0. The molecule has 3 aromatic rings.